The topological polar surface area (TPSA) is 3.88 Å². The number of hydrogen-bond donors (Lipinski definition) is 0. The zero-order chi connectivity index (χ0) is 19.1. The van der Waals surface area contributed by atoms with Gasteiger partial charge in [0.25, 0.3) is 0 Å². The van der Waals surface area contributed by atoms with Crippen molar-refractivity contribution in [2.24, 2.45) is 7.05 Å². The molecule has 0 unspecified atom stereocenters. The lowest BCUT2D eigenvalue weighted by atomic mass is 9.97. The summed E-state index contributed by atoms with van der Waals surface area (Å²) in [4.78, 5) is 0. The number of hydrogen-bond acceptors (Lipinski definition) is 0. The van der Waals surface area contributed by atoms with Gasteiger partial charge in [-0.15, -0.1) is 0 Å². The maximum atomic E-state index is 13.6. The van der Waals surface area contributed by atoms with Crippen LogP contribution in [0.15, 0.2) is 54.7 Å². The quantitative estimate of drug-likeness (QED) is 0.447. The Morgan fingerprint density at radius 3 is 2.12 bits per heavy atom. The molecule has 1 aromatic heterocycles. The maximum Gasteiger partial charge on any atom is 0.213 e. The van der Waals surface area contributed by atoms with E-state index >= 15 is 0 Å². The summed E-state index contributed by atoms with van der Waals surface area (Å²) in [6.45, 7) is 11.3. The normalized spacial score (nSPS) is 11.7. The predicted octanol–water partition coefficient (Wildman–Crippen LogP) is 5.15. The Bertz CT molecular complexity index is 970. The Balaban J connectivity index is 2.33. The van der Waals surface area contributed by atoms with Gasteiger partial charge < -0.3 is 0 Å². The fourth-order valence-electron chi connectivity index (χ4n) is 3.53. The van der Waals surface area contributed by atoms with Gasteiger partial charge in [-0.05, 0) is 54.3 Å². The van der Waals surface area contributed by atoms with Gasteiger partial charge >= 0.3 is 0 Å². The molecule has 0 fully saturated rings. The van der Waals surface area contributed by atoms with Crippen LogP contribution in [0.4, 0.5) is 4.39 Å². The van der Waals surface area contributed by atoms with Crippen LogP contribution in [-0.4, -0.2) is 8.07 Å². The summed E-state index contributed by atoms with van der Waals surface area (Å²) in [5.74, 6) is -0.188. The van der Waals surface area contributed by atoms with Crippen LogP contribution in [0.5, 0.6) is 0 Å². The summed E-state index contributed by atoms with van der Waals surface area (Å²) >= 11 is 0. The minimum atomic E-state index is -1.54. The minimum Gasteiger partial charge on any atom is -0.207 e. The van der Waals surface area contributed by atoms with E-state index in [1.165, 1.54) is 21.9 Å². The van der Waals surface area contributed by atoms with Gasteiger partial charge in [-0.2, -0.15) is 0 Å². The molecule has 3 heteroatoms. The molecule has 0 spiro atoms. The molecule has 0 amide bonds. The number of nitrogens with zero attached hydrogens (tertiary/aromatic N) is 1. The highest BCUT2D eigenvalue weighted by Gasteiger charge is 2.27. The highest BCUT2D eigenvalue weighted by Crippen LogP contribution is 2.28. The van der Waals surface area contributed by atoms with Crippen LogP contribution >= 0.6 is 0 Å². The van der Waals surface area contributed by atoms with E-state index in [-0.39, 0.29) is 5.82 Å². The number of aryl methyl sites for hydroxylation is 3. The van der Waals surface area contributed by atoms with Gasteiger partial charge in [-0.25, -0.2) is 8.96 Å². The highest BCUT2D eigenvalue weighted by atomic mass is 28.3. The molecule has 0 aliphatic carbocycles. The van der Waals surface area contributed by atoms with Gasteiger partial charge in [0.15, 0.2) is 6.20 Å². The van der Waals surface area contributed by atoms with Crippen molar-refractivity contribution in [3.63, 3.8) is 0 Å². The lowest BCUT2D eigenvalue weighted by Crippen LogP contribution is -2.46. The fourth-order valence-corrected chi connectivity index (χ4v) is 5.12. The maximum absolute atomic E-state index is 13.6. The molecule has 0 N–H and O–H groups in total. The second kappa shape index (κ2) is 6.80. The fraction of sp³-hybridized carbons (Fsp3) is 0.261. The number of benzene rings is 2. The summed E-state index contributed by atoms with van der Waals surface area (Å²) in [7, 11) is 0.544. The molecule has 0 radical (unpaired) electrons. The largest absolute Gasteiger partial charge is 0.213 e. The van der Waals surface area contributed by atoms with Gasteiger partial charge in [0.2, 0.25) is 5.69 Å². The zero-order valence-corrected chi connectivity index (χ0v) is 17.5. The standard InChI is InChI=1S/C23H27FNSi/c1-16-9-7-8-10-19(16)21-14-22(20-12-11-18(24)13-17(20)2)25(3)15-23(21)26(4,5)6/h7-15H,1-6H3/q+1. The van der Waals surface area contributed by atoms with E-state index in [4.69, 9.17) is 0 Å². The van der Waals surface area contributed by atoms with E-state index in [0.717, 1.165) is 16.8 Å². The van der Waals surface area contributed by atoms with E-state index in [2.05, 4.69) is 74.7 Å². The molecule has 0 aliphatic rings. The third kappa shape index (κ3) is 3.49. The molecular formula is C23H27FNSi+. The Morgan fingerprint density at radius 2 is 1.50 bits per heavy atom. The van der Waals surface area contributed by atoms with Crippen LogP contribution in [-0.2, 0) is 7.05 Å². The lowest BCUT2D eigenvalue weighted by molar-refractivity contribution is -0.659. The van der Waals surface area contributed by atoms with Gasteiger partial charge in [-0.1, -0.05) is 43.9 Å². The van der Waals surface area contributed by atoms with Crippen molar-refractivity contribution in [1.82, 2.24) is 0 Å². The van der Waals surface area contributed by atoms with Crippen molar-refractivity contribution in [3.8, 4) is 22.4 Å². The first-order chi connectivity index (χ1) is 12.2. The minimum absolute atomic E-state index is 0.188. The van der Waals surface area contributed by atoms with E-state index in [0.29, 0.717) is 0 Å². The van der Waals surface area contributed by atoms with Crippen LogP contribution in [0.2, 0.25) is 19.6 Å². The summed E-state index contributed by atoms with van der Waals surface area (Å²) in [5.41, 5.74) is 7.01. The lowest BCUT2D eigenvalue weighted by Gasteiger charge is -2.21. The molecule has 3 rings (SSSR count). The average Bonchev–Trinajstić information content (AvgIpc) is 2.55. The van der Waals surface area contributed by atoms with Crippen LogP contribution in [0.25, 0.3) is 22.4 Å². The Hall–Kier alpha value is -2.26. The Kier molecular flexibility index (Phi) is 4.85. The van der Waals surface area contributed by atoms with Crippen molar-refractivity contribution in [2.45, 2.75) is 33.5 Å². The van der Waals surface area contributed by atoms with Crippen molar-refractivity contribution in [3.05, 3.63) is 71.7 Å². The molecule has 0 atom stereocenters. The molecule has 3 aromatic rings. The average molecular weight is 365 g/mol. The summed E-state index contributed by atoms with van der Waals surface area (Å²) < 4.78 is 15.8. The smallest absolute Gasteiger partial charge is 0.207 e. The number of pyridine rings is 1. The number of halogens is 1. The van der Waals surface area contributed by atoms with Crippen molar-refractivity contribution in [1.29, 1.82) is 0 Å². The molecule has 26 heavy (non-hydrogen) atoms. The van der Waals surface area contributed by atoms with Crippen molar-refractivity contribution >= 4 is 13.3 Å². The first-order valence-electron chi connectivity index (χ1n) is 9.05. The van der Waals surface area contributed by atoms with E-state index in [1.807, 2.05) is 13.0 Å². The number of aromatic nitrogens is 1. The van der Waals surface area contributed by atoms with Gasteiger partial charge in [0.1, 0.15) is 12.9 Å². The molecule has 0 bridgehead atoms. The molecule has 0 aliphatic heterocycles. The van der Waals surface area contributed by atoms with Crippen LogP contribution in [0, 0.1) is 19.7 Å². The van der Waals surface area contributed by atoms with Gasteiger partial charge in [0, 0.05) is 16.8 Å². The SMILES string of the molecule is Cc1ccccc1-c1cc(-c2ccc(F)cc2C)[n+](C)cc1[Si](C)(C)C. The van der Waals surface area contributed by atoms with Crippen LogP contribution < -0.4 is 9.75 Å². The molecule has 0 saturated carbocycles. The summed E-state index contributed by atoms with van der Waals surface area (Å²) in [5, 5.41) is 1.44. The summed E-state index contributed by atoms with van der Waals surface area (Å²) in [6.07, 6.45) is 2.28. The van der Waals surface area contributed by atoms with E-state index < -0.39 is 8.07 Å². The molecule has 1 nitrogen and oxygen atoms in total. The Labute approximate surface area is 157 Å². The molecular weight excluding hydrogens is 337 g/mol. The Morgan fingerprint density at radius 1 is 0.808 bits per heavy atom. The van der Waals surface area contributed by atoms with Crippen LogP contribution in [0.1, 0.15) is 11.1 Å². The second-order valence-corrected chi connectivity index (χ2v) is 13.2. The highest BCUT2D eigenvalue weighted by molar-refractivity contribution is 6.89. The third-order valence-corrected chi connectivity index (χ3v) is 7.00. The molecule has 134 valence electrons. The summed E-state index contributed by atoms with van der Waals surface area (Å²) in [6, 6.07) is 15.9. The van der Waals surface area contributed by atoms with Crippen LogP contribution in [0.3, 0.4) is 0 Å². The van der Waals surface area contributed by atoms with E-state index in [9.17, 15) is 4.39 Å². The van der Waals surface area contributed by atoms with E-state index in [1.54, 1.807) is 12.1 Å². The number of rotatable bonds is 3. The predicted molar refractivity (Wildman–Crippen MR) is 111 cm³/mol. The monoisotopic (exact) mass is 364 g/mol. The van der Waals surface area contributed by atoms with Crippen molar-refractivity contribution < 1.29 is 8.96 Å². The molecule has 2 aromatic carbocycles. The zero-order valence-electron chi connectivity index (χ0n) is 16.5. The molecule has 1 heterocycles. The second-order valence-electron chi connectivity index (χ2n) is 8.12. The molecule has 0 saturated heterocycles. The third-order valence-electron chi connectivity index (χ3n) is 4.98. The van der Waals surface area contributed by atoms with Gasteiger partial charge in [-0.3, -0.25) is 0 Å². The first kappa shape index (κ1) is 18.5. The van der Waals surface area contributed by atoms with Gasteiger partial charge in [0.05, 0.1) is 8.07 Å². The first-order valence-corrected chi connectivity index (χ1v) is 12.5. The van der Waals surface area contributed by atoms with Crippen molar-refractivity contribution in [2.75, 3.05) is 0 Å².